The number of carboxylic acids is 1. The monoisotopic (exact) mass is 434 g/mol. The van der Waals surface area contributed by atoms with Gasteiger partial charge in [-0.1, -0.05) is 48.0 Å². The highest BCUT2D eigenvalue weighted by molar-refractivity contribution is 6.33. The minimum Gasteiger partial charge on any atom is -0.478 e. The molecular weight excluding hydrogens is 420 g/mol. The van der Waals surface area contributed by atoms with Crippen LogP contribution in [0.4, 0.5) is 5.69 Å². The molecule has 1 aromatic heterocycles. The SMILES string of the molecule is O=C(O)c1ccc(Cl)c(NNC(=O)c2nn(-c3ccccc3)c(=O)c3ccccc23)c1. The Hall–Kier alpha value is -4.17. The molecule has 0 aliphatic heterocycles. The Morgan fingerprint density at radius 2 is 1.61 bits per heavy atom. The van der Waals surface area contributed by atoms with Crippen LogP contribution >= 0.6 is 11.6 Å². The number of carbonyl (C=O) groups is 2. The second kappa shape index (κ2) is 8.29. The lowest BCUT2D eigenvalue weighted by molar-refractivity contribution is 0.0696. The van der Waals surface area contributed by atoms with Gasteiger partial charge in [0.25, 0.3) is 11.5 Å². The molecule has 4 rings (SSSR count). The number of aromatic carboxylic acids is 1. The number of hydrogen-bond donors (Lipinski definition) is 3. The molecule has 0 unspecified atom stereocenters. The molecule has 31 heavy (non-hydrogen) atoms. The van der Waals surface area contributed by atoms with Crippen molar-refractivity contribution in [2.24, 2.45) is 0 Å². The number of hydrogen-bond acceptors (Lipinski definition) is 5. The molecule has 8 nitrogen and oxygen atoms in total. The number of halogens is 1. The van der Waals surface area contributed by atoms with Crippen LogP contribution in [-0.4, -0.2) is 26.8 Å². The summed E-state index contributed by atoms with van der Waals surface area (Å²) in [6.45, 7) is 0. The van der Waals surface area contributed by atoms with Crippen molar-refractivity contribution in [1.29, 1.82) is 0 Å². The number of benzene rings is 3. The normalized spacial score (nSPS) is 10.6. The Kier molecular flexibility index (Phi) is 5.38. The molecule has 0 aliphatic rings. The van der Waals surface area contributed by atoms with Crippen molar-refractivity contribution in [1.82, 2.24) is 15.2 Å². The minimum atomic E-state index is -1.13. The third-order valence-corrected chi connectivity index (χ3v) is 4.87. The number of nitrogens with zero attached hydrogens (tertiary/aromatic N) is 2. The number of anilines is 1. The first kappa shape index (κ1) is 20.1. The molecule has 1 amide bonds. The summed E-state index contributed by atoms with van der Waals surface area (Å²) >= 11 is 6.08. The average Bonchev–Trinajstić information content (AvgIpc) is 2.79. The van der Waals surface area contributed by atoms with Crippen molar-refractivity contribution in [2.75, 3.05) is 5.43 Å². The highest BCUT2D eigenvalue weighted by Gasteiger charge is 2.18. The molecule has 3 aromatic carbocycles. The average molecular weight is 435 g/mol. The number of para-hydroxylation sites is 1. The maximum absolute atomic E-state index is 12.9. The maximum Gasteiger partial charge on any atom is 0.335 e. The number of fused-ring (bicyclic) bond motifs is 1. The third kappa shape index (κ3) is 3.96. The van der Waals surface area contributed by atoms with Gasteiger partial charge in [-0.2, -0.15) is 9.78 Å². The van der Waals surface area contributed by atoms with Gasteiger partial charge >= 0.3 is 5.97 Å². The number of carbonyl (C=O) groups excluding carboxylic acids is 1. The Labute approximate surface area is 180 Å². The summed E-state index contributed by atoms with van der Waals surface area (Å²) in [6.07, 6.45) is 0. The van der Waals surface area contributed by atoms with Gasteiger partial charge in [0.15, 0.2) is 5.69 Å². The van der Waals surface area contributed by atoms with E-state index in [4.69, 9.17) is 16.7 Å². The molecule has 4 aromatic rings. The predicted molar refractivity (Wildman–Crippen MR) is 117 cm³/mol. The van der Waals surface area contributed by atoms with E-state index in [2.05, 4.69) is 16.0 Å². The molecule has 0 saturated heterocycles. The van der Waals surface area contributed by atoms with Crippen LogP contribution in [-0.2, 0) is 0 Å². The smallest absolute Gasteiger partial charge is 0.335 e. The van der Waals surface area contributed by atoms with Gasteiger partial charge in [-0.05, 0) is 36.4 Å². The fraction of sp³-hybridized carbons (Fsp3) is 0. The standard InChI is InChI=1S/C22H15ClN4O4/c23-17-11-10-13(22(30)31)12-18(17)24-25-20(28)19-15-8-4-5-9-16(15)21(29)27(26-19)14-6-2-1-3-7-14/h1-12,24H,(H,25,28)(H,30,31). The summed E-state index contributed by atoms with van der Waals surface area (Å²) in [6, 6.07) is 19.5. The zero-order chi connectivity index (χ0) is 22.0. The molecular formula is C22H15ClN4O4. The summed E-state index contributed by atoms with van der Waals surface area (Å²) in [7, 11) is 0. The lowest BCUT2D eigenvalue weighted by Gasteiger charge is -2.13. The topological polar surface area (TPSA) is 113 Å². The number of amides is 1. The van der Waals surface area contributed by atoms with Crippen molar-refractivity contribution >= 4 is 39.9 Å². The van der Waals surface area contributed by atoms with Crippen LogP contribution in [0.2, 0.25) is 5.02 Å². The Morgan fingerprint density at radius 1 is 0.935 bits per heavy atom. The highest BCUT2D eigenvalue weighted by Crippen LogP contribution is 2.22. The highest BCUT2D eigenvalue weighted by atomic mass is 35.5. The van der Waals surface area contributed by atoms with Crippen molar-refractivity contribution in [2.45, 2.75) is 0 Å². The van der Waals surface area contributed by atoms with E-state index in [-0.39, 0.29) is 27.5 Å². The van der Waals surface area contributed by atoms with Gasteiger partial charge < -0.3 is 5.11 Å². The van der Waals surface area contributed by atoms with Crippen LogP contribution in [0.5, 0.6) is 0 Å². The van der Waals surface area contributed by atoms with Crippen LogP contribution in [0.1, 0.15) is 20.8 Å². The Morgan fingerprint density at radius 3 is 2.32 bits per heavy atom. The van der Waals surface area contributed by atoms with Gasteiger partial charge in [0.1, 0.15) is 0 Å². The van der Waals surface area contributed by atoms with Gasteiger partial charge in [0, 0.05) is 5.39 Å². The first-order chi connectivity index (χ1) is 15.0. The van der Waals surface area contributed by atoms with E-state index in [9.17, 15) is 14.4 Å². The lowest BCUT2D eigenvalue weighted by atomic mass is 10.1. The zero-order valence-electron chi connectivity index (χ0n) is 15.9. The molecule has 9 heteroatoms. The van der Waals surface area contributed by atoms with Crippen molar-refractivity contribution in [3.05, 3.63) is 99.4 Å². The van der Waals surface area contributed by atoms with Crippen molar-refractivity contribution < 1.29 is 14.7 Å². The quantitative estimate of drug-likeness (QED) is 0.414. The zero-order valence-corrected chi connectivity index (χ0v) is 16.6. The lowest BCUT2D eigenvalue weighted by Crippen LogP contribution is -2.33. The van der Waals surface area contributed by atoms with Gasteiger partial charge in [0.05, 0.1) is 27.3 Å². The predicted octanol–water partition coefficient (Wildman–Crippen LogP) is 3.49. The van der Waals surface area contributed by atoms with Crippen LogP contribution in [0, 0.1) is 0 Å². The number of hydrazine groups is 1. The maximum atomic E-state index is 12.9. The van der Waals surface area contributed by atoms with E-state index in [0.717, 1.165) is 4.68 Å². The van der Waals surface area contributed by atoms with Crippen molar-refractivity contribution in [3.63, 3.8) is 0 Å². The van der Waals surface area contributed by atoms with E-state index in [0.29, 0.717) is 16.5 Å². The number of rotatable bonds is 5. The molecule has 0 fully saturated rings. The molecule has 1 heterocycles. The second-order valence-corrected chi connectivity index (χ2v) is 6.93. The van der Waals surface area contributed by atoms with Gasteiger partial charge in [-0.25, -0.2) is 4.79 Å². The molecule has 0 atom stereocenters. The number of aromatic nitrogens is 2. The van der Waals surface area contributed by atoms with E-state index in [1.54, 1.807) is 48.5 Å². The molecule has 0 saturated carbocycles. The van der Waals surface area contributed by atoms with Gasteiger partial charge in [-0.15, -0.1) is 0 Å². The molecule has 0 aliphatic carbocycles. The van der Waals surface area contributed by atoms with E-state index in [1.165, 1.54) is 18.2 Å². The summed E-state index contributed by atoms with van der Waals surface area (Å²) in [5.74, 6) is -1.76. The van der Waals surface area contributed by atoms with Gasteiger partial charge in [0.2, 0.25) is 0 Å². The first-order valence-corrected chi connectivity index (χ1v) is 9.50. The van der Waals surface area contributed by atoms with Gasteiger partial charge in [-0.3, -0.25) is 20.4 Å². The van der Waals surface area contributed by atoms with Crippen LogP contribution in [0.3, 0.4) is 0 Å². The second-order valence-electron chi connectivity index (χ2n) is 6.53. The van der Waals surface area contributed by atoms with Crippen LogP contribution in [0.25, 0.3) is 16.5 Å². The first-order valence-electron chi connectivity index (χ1n) is 9.12. The largest absolute Gasteiger partial charge is 0.478 e. The molecule has 0 bridgehead atoms. The van der Waals surface area contributed by atoms with E-state index in [1.807, 2.05) is 6.07 Å². The van der Waals surface area contributed by atoms with E-state index < -0.39 is 11.9 Å². The summed E-state index contributed by atoms with van der Waals surface area (Å²) in [5.41, 5.74) is 5.46. The molecule has 0 radical (unpaired) electrons. The molecule has 0 spiro atoms. The summed E-state index contributed by atoms with van der Waals surface area (Å²) in [5, 5.41) is 14.3. The third-order valence-electron chi connectivity index (χ3n) is 4.54. The number of nitrogens with one attached hydrogen (secondary N) is 2. The number of carboxylic acid groups (broad SMARTS) is 1. The van der Waals surface area contributed by atoms with Crippen LogP contribution < -0.4 is 16.4 Å². The Balaban J connectivity index is 1.73. The van der Waals surface area contributed by atoms with Crippen LogP contribution in [0.15, 0.2) is 77.6 Å². The molecule has 154 valence electrons. The molecule has 3 N–H and O–H groups in total. The minimum absolute atomic E-state index is 0.00218. The fourth-order valence-electron chi connectivity index (χ4n) is 3.04. The fourth-order valence-corrected chi connectivity index (χ4v) is 3.20. The van der Waals surface area contributed by atoms with Crippen molar-refractivity contribution in [3.8, 4) is 5.69 Å². The van der Waals surface area contributed by atoms with E-state index >= 15 is 0 Å². The summed E-state index contributed by atoms with van der Waals surface area (Å²) < 4.78 is 1.16. The summed E-state index contributed by atoms with van der Waals surface area (Å²) in [4.78, 5) is 37.0. The Bertz CT molecular complexity index is 1370.